The first-order chi connectivity index (χ1) is 15.5. The van der Waals surface area contributed by atoms with Crippen molar-refractivity contribution in [3.8, 4) is 5.75 Å². The van der Waals surface area contributed by atoms with E-state index in [1.165, 1.54) is 0 Å². The number of hydrogen-bond donors (Lipinski definition) is 1. The first kappa shape index (κ1) is 24.7. The minimum Gasteiger partial charge on any atom is -0.410 e. The molecular formula is C26H36N4O3. The summed E-state index contributed by atoms with van der Waals surface area (Å²) in [5, 5.41) is 3.10. The van der Waals surface area contributed by atoms with Crippen LogP contribution in [0.2, 0.25) is 0 Å². The summed E-state index contributed by atoms with van der Waals surface area (Å²) in [6, 6.07) is 12.6. The number of pyridine rings is 1. The maximum atomic E-state index is 12.7. The summed E-state index contributed by atoms with van der Waals surface area (Å²) in [6.07, 6.45) is 2.29. The van der Waals surface area contributed by atoms with Crippen molar-refractivity contribution in [1.82, 2.24) is 20.1 Å². The smallest absolute Gasteiger partial charge is 0.410 e. The number of nitrogens with one attached hydrogen (secondary N) is 1. The Morgan fingerprint density at radius 1 is 0.970 bits per heavy atom. The molecule has 2 amide bonds. The second-order valence-corrected chi connectivity index (χ2v) is 10.6. The fraction of sp³-hybridized carbons (Fsp3) is 0.500. The van der Waals surface area contributed by atoms with Gasteiger partial charge < -0.3 is 15.0 Å². The molecule has 0 spiro atoms. The van der Waals surface area contributed by atoms with Gasteiger partial charge in [-0.3, -0.25) is 14.7 Å². The van der Waals surface area contributed by atoms with Crippen LogP contribution in [0, 0.1) is 5.41 Å². The second kappa shape index (κ2) is 10.3. The average molecular weight is 453 g/mol. The molecule has 1 aromatic carbocycles. The number of rotatable bonds is 6. The molecule has 1 fully saturated rings. The van der Waals surface area contributed by atoms with Crippen LogP contribution in [0.25, 0.3) is 0 Å². The van der Waals surface area contributed by atoms with Gasteiger partial charge in [0.2, 0.25) is 0 Å². The molecule has 0 saturated carbocycles. The van der Waals surface area contributed by atoms with Gasteiger partial charge in [-0.15, -0.1) is 0 Å². The normalized spacial score (nSPS) is 15.2. The minimum absolute atomic E-state index is 0.110. The van der Waals surface area contributed by atoms with Crippen molar-refractivity contribution in [3.63, 3.8) is 0 Å². The maximum absolute atomic E-state index is 12.7. The fourth-order valence-corrected chi connectivity index (χ4v) is 4.40. The van der Waals surface area contributed by atoms with Gasteiger partial charge in [-0.25, -0.2) is 4.79 Å². The Morgan fingerprint density at radius 2 is 1.64 bits per heavy atom. The van der Waals surface area contributed by atoms with Gasteiger partial charge in [-0.1, -0.05) is 26.8 Å². The zero-order chi connectivity index (χ0) is 24.1. The molecule has 1 aliphatic rings. The van der Waals surface area contributed by atoms with Crippen molar-refractivity contribution in [1.29, 1.82) is 0 Å². The molecule has 3 rings (SSSR count). The van der Waals surface area contributed by atoms with Crippen LogP contribution in [0.3, 0.4) is 0 Å². The molecule has 2 aromatic rings. The number of benzene rings is 1. The number of hydrogen-bond acceptors (Lipinski definition) is 5. The predicted octanol–water partition coefficient (Wildman–Crippen LogP) is 4.34. The first-order valence-corrected chi connectivity index (χ1v) is 11.5. The summed E-state index contributed by atoms with van der Waals surface area (Å²) in [5.41, 5.74) is 1.36. The molecule has 1 saturated heterocycles. The lowest BCUT2D eigenvalue weighted by atomic mass is 9.81. The van der Waals surface area contributed by atoms with E-state index in [-0.39, 0.29) is 23.0 Å². The number of amides is 2. The van der Waals surface area contributed by atoms with Crippen molar-refractivity contribution >= 4 is 12.0 Å². The van der Waals surface area contributed by atoms with Crippen LogP contribution < -0.4 is 10.1 Å². The predicted molar refractivity (Wildman–Crippen MR) is 129 cm³/mol. The molecule has 1 aromatic heterocycles. The van der Waals surface area contributed by atoms with Crippen molar-refractivity contribution < 1.29 is 14.3 Å². The van der Waals surface area contributed by atoms with Gasteiger partial charge in [0.15, 0.2) is 0 Å². The van der Waals surface area contributed by atoms with Crippen LogP contribution in [0.5, 0.6) is 5.75 Å². The minimum atomic E-state index is -0.365. The first-order valence-electron chi connectivity index (χ1n) is 11.5. The Labute approximate surface area is 197 Å². The van der Waals surface area contributed by atoms with E-state index in [9.17, 15) is 9.59 Å². The Bertz CT molecular complexity index is 928. The van der Waals surface area contributed by atoms with Gasteiger partial charge in [0.05, 0.1) is 5.69 Å². The Kier molecular flexibility index (Phi) is 7.74. The molecule has 7 nitrogen and oxygen atoms in total. The standard InChI is InChI=1S/C26H36N4O3/c1-25(2,3)19-26(4,5)28-23(31)20-9-11-22(12-10-20)33-24(32)30-16-14-29(15-17-30)18-21-8-6-7-13-27-21/h6-13H,14-19H2,1-5H3,(H,28,31). The third-order valence-corrected chi connectivity index (χ3v) is 5.49. The average Bonchev–Trinajstić information content (AvgIpc) is 2.73. The van der Waals surface area contributed by atoms with Crippen LogP contribution in [-0.4, -0.2) is 58.5 Å². The van der Waals surface area contributed by atoms with E-state index in [0.717, 1.165) is 31.7 Å². The molecule has 178 valence electrons. The number of piperazine rings is 1. The molecule has 1 aliphatic heterocycles. The van der Waals surface area contributed by atoms with Gasteiger partial charge in [0, 0.05) is 50.0 Å². The highest BCUT2D eigenvalue weighted by Gasteiger charge is 2.27. The topological polar surface area (TPSA) is 74.8 Å². The molecule has 0 atom stereocenters. The van der Waals surface area contributed by atoms with Crippen molar-refractivity contribution in [2.75, 3.05) is 26.2 Å². The quantitative estimate of drug-likeness (QED) is 0.706. The van der Waals surface area contributed by atoms with Crippen molar-refractivity contribution in [3.05, 3.63) is 59.9 Å². The van der Waals surface area contributed by atoms with Gasteiger partial charge in [-0.05, 0) is 62.1 Å². The largest absolute Gasteiger partial charge is 0.415 e. The summed E-state index contributed by atoms with van der Waals surface area (Å²) >= 11 is 0. The third kappa shape index (κ3) is 7.86. The second-order valence-electron chi connectivity index (χ2n) is 10.6. The summed E-state index contributed by atoms with van der Waals surface area (Å²) in [7, 11) is 0. The highest BCUT2D eigenvalue weighted by molar-refractivity contribution is 5.94. The molecule has 0 aliphatic carbocycles. The number of ether oxygens (including phenoxy) is 1. The van der Waals surface area contributed by atoms with Gasteiger partial charge in [0.1, 0.15) is 5.75 Å². The van der Waals surface area contributed by atoms with E-state index in [1.54, 1.807) is 35.4 Å². The Hall–Kier alpha value is -2.93. The highest BCUT2D eigenvalue weighted by atomic mass is 16.6. The Balaban J connectivity index is 1.47. The van der Waals surface area contributed by atoms with E-state index in [2.05, 4.69) is 36.0 Å². The van der Waals surface area contributed by atoms with Crippen LogP contribution in [0.1, 0.15) is 57.1 Å². The van der Waals surface area contributed by atoms with Crippen LogP contribution in [0.4, 0.5) is 4.79 Å². The molecule has 0 bridgehead atoms. The molecule has 1 N–H and O–H groups in total. The monoisotopic (exact) mass is 452 g/mol. The lowest BCUT2D eigenvalue weighted by Crippen LogP contribution is -2.49. The highest BCUT2D eigenvalue weighted by Crippen LogP contribution is 2.27. The molecular weight excluding hydrogens is 416 g/mol. The van der Waals surface area contributed by atoms with Crippen LogP contribution in [-0.2, 0) is 6.54 Å². The molecule has 0 radical (unpaired) electrons. The number of carbonyl (C=O) groups is 2. The van der Waals surface area contributed by atoms with E-state index >= 15 is 0 Å². The van der Waals surface area contributed by atoms with Crippen molar-refractivity contribution in [2.45, 2.75) is 53.1 Å². The van der Waals surface area contributed by atoms with E-state index in [1.807, 2.05) is 32.0 Å². The van der Waals surface area contributed by atoms with E-state index in [4.69, 9.17) is 4.74 Å². The SMILES string of the molecule is CC(C)(C)CC(C)(C)NC(=O)c1ccc(OC(=O)N2CCN(Cc3ccccn3)CC2)cc1. The van der Waals surface area contributed by atoms with Gasteiger partial charge >= 0.3 is 6.09 Å². The zero-order valence-corrected chi connectivity index (χ0v) is 20.4. The van der Waals surface area contributed by atoms with Crippen LogP contribution >= 0.6 is 0 Å². The molecule has 33 heavy (non-hydrogen) atoms. The van der Waals surface area contributed by atoms with Gasteiger partial charge in [-0.2, -0.15) is 0 Å². The number of nitrogens with zero attached hydrogens (tertiary/aromatic N) is 3. The molecule has 0 unspecified atom stereocenters. The third-order valence-electron chi connectivity index (χ3n) is 5.49. The summed E-state index contributed by atoms with van der Waals surface area (Å²) in [6.45, 7) is 14.1. The van der Waals surface area contributed by atoms with E-state index < -0.39 is 0 Å². The lowest BCUT2D eigenvalue weighted by Gasteiger charge is -2.33. The molecule has 7 heteroatoms. The fourth-order valence-electron chi connectivity index (χ4n) is 4.40. The van der Waals surface area contributed by atoms with E-state index in [0.29, 0.717) is 24.4 Å². The summed E-state index contributed by atoms with van der Waals surface area (Å²) < 4.78 is 5.53. The van der Waals surface area contributed by atoms with Gasteiger partial charge in [0.25, 0.3) is 5.91 Å². The van der Waals surface area contributed by atoms with Crippen molar-refractivity contribution in [2.24, 2.45) is 5.41 Å². The van der Waals surface area contributed by atoms with Crippen LogP contribution in [0.15, 0.2) is 48.7 Å². The number of aromatic nitrogens is 1. The lowest BCUT2D eigenvalue weighted by molar-refractivity contribution is 0.0891. The molecule has 2 heterocycles. The summed E-state index contributed by atoms with van der Waals surface area (Å²) in [4.78, 5) is 33.6. The maximum Gasteiger partial charge on any atom is 0.415 e. The Morgan fingerprint density at radius 3 is 2.21 bits per heavy atom. The zero-order valence-electron chi connectivity index (χ0n) is 20.4. The summed E-state index contributed by atoms with van der Waals surface area (Å²) in [5.74, 6) is 0.299. The number of carbonyl (C=O) groups excluding carboxylic acids is 2.